The Balaban J connectivity index is 4.71. The SMILES string of the molecule is CC(=O)N[C@@H](CS(=O)(=O)CC(=O)NC(C)C(C)C)C(=O)O. The van der Waals surface area contributed by atoms with Crippen molar-refractivity contribution in [3.63, 3.8) is 0 Å². The number of aliphatic carboxylic acids is 1. The first-order valence-electron chi connectivity index (χ1n) is 6.44. The van der Waals surface area contributed by atoms with E-state index in [9.17, 15) is 22.8 Å². The van der Waals surface area contributed by atoms with Gasteiger partial charge in [0.25, 0.3) is 0 Å². The van der Waals surface area contributed by atoms with Crippen molar-refractivity contribution >= 4 is 27.6 Å². The van der Waals surface area contributed by atoms with E-state index >= 15 is 0 Å². The Morgan fingerprint density at radius 2 is 1.62 bits per heavy atom. The van der Waals surface area contributed by atoms with Gasteiger partial charge in [0.05, 0.1) is 5.75 Å². The van der Waals surface area contributed by atoms with Gasteiger partial charge in [-0.25, -0.2) is 13.2 Å². The molecule has 3 N–H and O–H groups in total. The normalized spacial score (nSPS) is 14.3. The van der Waals surface area contributed by atoms with Crippen LogP contribution in [0.4, 0.5) is 0 Å². The van der Waals surface area contributed by atoms with E-state index in [2.05, 4.69) is 5.32 Å². The highest BCUT2D eigenvalue weighted by atomic mass is 32.2. The van der Waals surface area contributed by atoms with Gasteiger partial charge in [-0.2, -0.15) is 0 Å². The highest BCUT2D eigenvalue weighted by Crippen LogP contribution is 2.01. The third-order valence-corrected chi connectivity index (χ3v) is 4.38. The molecular formula is C12H22N2O6S. The van der Waals surface area contributed by atoms with Crippen LogP contribution in [0.2, 0.25) is 0 Å². The molecule has 8 nitrogen and oxygen atoms in total. The number of sulfone groups is 1. The summed E-state index contributed by atoms with van der Waals surface area (Å²) in [4.78, 5) is 33.3. The summed E-state index contributed by atoms with van der Waals surface area (Å²) in [6.45, 7) is 6.57. The van der Waals surface area contributed by atoms with Crippen LogP contribution in [0.1, 0.15) is 27.7 Å². The fourth-order valence-electron chi connectivity index (χ4n) is 1.39. The first-order chi connectivity index (χ1) is 9.44. The van der Waals surface area contributed by atoms with Gasteiger partial charge in [0.1, 0.15) is 11.8 Å². The monoisotopic (exact) mass is 322 g/mol. The summed E-state index contributed by atoms with van der Waals surface area (Å²) in [5.74, 6) is -4.31. The molecule has 122 valence electrons. The molecule has 9 heteroatoms. The van der Waals surface area contributed by atoms with Gasteiger partial charge < -0.3 is 15.7 Å². The predicted molar refractivity (Wildman–Crippen MR) is 76.3 cm³/mol. The fraction of sp³-hybridized carbons (Fsp3) is 0.750. The molecule has 0 aliphatic rings. The van der Waals surface area contributed by atoms with Crippen LogP contribution in [0.3, 0.4) is 0 Å². The summed E-state index contributed by atoms with van der Waals surface area (Å²) in [5, 5.41) is 13.4. The van der Waals surface area contributed by atoms with Gasteiger partial charge in [0, 0.05) is 13.0 Å². The minimum absolute atomic E-state index is 0.141. The summed E-state index contributed by atoms with van der Waals surface area (Å²) in [6.07, 6.45) is 0. The van der Waals surface area contributed by atoms with Crippen molar-refractivity contribution in [2.24, 2.45) is 5.92 Å². The molecule has 0 saturated heterocycles. The van der Waals surface area contributed by atoms with Gasteiger partial charge in [0.15, 0.2) is 9.84 Å². The first-order valence-corrected chi connectivity index (χ1v) is 8.26. The summed E-state index contributed by atoms with van der Waals surface area (Å²) >= 11 is 0. The Morgan fingerprint density at radius 3 is 2.00 bits per heavy atom. The van der Waals surface area contributed by atoms with Crippen molar-refractivity contribution in [2.75, 3.05) is 11.5 Å². The van der Waals surface area contributed by atoms with E-state index in [4.69, 9.17) is 5.11 Å². The number of carboxylic acid groups (broad SMARTS) is 1. The maximum absolute atomic E-state index is 11.8. The molecule has 0 fully saturated rings. The lowest BCUT2D eigenvalue weighted by atomic mass is 10.1. The van der Waals surface area contributed by atoms with Crippen molar-refractivity contribution in [3.8, 4) is 0 Å². The highest BCUT2D eigenvalue weighted by molar-refractivity contribution is 7.92. The molecule has 0 saturated carbocycles. The molecule has 0 aromatic rings. The molecule has 0 aliphatic heterocycles. The average Bonchev–Trinajstić information content (AvgIpc) is 2.25. The lowest BCUT2D eigenvalue weighted by molar-refractivity contribution is -0.140. The summed E-state index contributed by atoms with van der Waals surface area (Å²) in [7, 11) is -3.95. The van der Waals surface area contributed by atoms with Crippen molar-refractivity contribution in [1.82, 2.24) is 10.6 Å². The quantitative estimate of drug-likeness (QED) is 0.534. The second-order valence-corrected chi connectivity index (χ2v) is 7.36. The molecule has 0 rings (SSSR count). The third-order valence-electron chi connectivity index (χ3n) is 2.84. The number of hydrogen-bond acceptors (Lipinski definition) is 5. The van der Waals surface area contributed by atoms with E-state index in [0.29, 0.717) is 0 Å². The van der Waals surface area contributed by atoms with Crippen LogP contribution in [0, 0.1) is 5.92 Å². The Kier molecular flexibility index (Phi) is 7.34. The molecule has 0 bridgehead atoms. The number of hydrogen-bond donors (Lipinski definition) is 3. The van der Waals surface area contributed by atoms with E-state index in [0.717, 1.165) is 6.92 Å². The Bertz CT molecular complexity index is 500. The number of amides is 2. The molecule has 21 heavy (non-hydrogen) atoms. The van der Waals surface area contributed by atoms with E-state index < -0.39 is 45.2 Å². The topological polar surface area (TPSA) is 130 Å². The second kappa shape index (κ2) is 7.96. The average molecular weight is 322 g/mol. The first kappa shape index (κ1) is 19.4. The highest BCUT2D eigenvalue weighted by Gasteiger charge is 2.28. The van der Waals surface area contributed by atoms with E-state index in [1.54, 1.807) is 6.92 Å². The van der Waals surface area contributed by atoms with Crippen LogP contribution in [0.5, 0.6) is 0 Å². The standard InChI is InChI=1S/C12H22N2O6S/c1-7(2)8(3)13-11(16)6-21(19,20)5-10(12(17)18)14-9(4)15/h7-8,10H,5-6H2,1-4H3,(H,13,16)(H,14,15)(H,17,18)/t8?,10-/m0/s1. The van der Waals surface area contributed by atoms with Gasteiger partial charge in [-0.1, -0.05) is 13.8 Å². The van der Waals surface area contributed by atoms with Crippen molar-refractivity contribution in [2.45, 2.75) is 39.8 Å². The number of nitrogens with one attached hydrogen (secondary N) is 2. The summed E-state index contributed by atoms with van der Waals surface area (Å²) in [6, 6.07) is -1.76. The third kappa shape index (κ3) is 8.28. The second-order valence-electron chi connectivity index (χ2n) is 5.25. The van der Waals surface area contributed by atoms with E-state index in [-0.39, 0.29) is 12.0 Å². The van der Waals surface area contributed by atoms with Crippen molar-refractivity contribution < 1.29 is 27.9 Å². The maximum Gasteiger partial charge on any atom is 0.327 e. The number of rotatable bonds is 8. The molecule has 2 amide bonds. The van der Waals surface area contributed by atoms with Crippen LogP contribution in [0.15, 0.2) is 0 Å². The minimum Gasteiger partial charge on any atom is -0.480 e. The molecule has 1 unspecified atom stereocenters. The van der Waals surface area contributed by atoms with Crippen molar-refractivity contribution in [3.05, 3.63) is 0 Å². The number of carbonyl (C=O) groups is 3. The van der Waals surface area contributed by atoms with Crippen LogP contribution >= 0.6 is 0 Å². The maximum atomic E-state index is 11.8. The van der Waals surface area contributed by atoms with Gasteiger partial charge in [-0.3, -0.25) is 9.59 Å². The smallest absolute Gasteiger partial charge is 0.327 e. The number of carbonyl (C=O) groups excluding carboxylic acids is 2. The van der Waals surface area contributed by atoms with Crippen LogP contribution < -0.4 is 10.6 Å². The minimum atomic E-state index is -3.95. The predicted octanol–water partition coefficient (Wildman–Crippen LogP) is -0.849. The molecule has 0 spiro atoms. The lowest BCUT2D eigenvalue weighted by Gasteiger charge is -2.18. The zero-order chi connectivity index (χ0) is 16.8. The van der Waals surface area contributed by atoms with Crippen LogP contribution in [-0.4, -0.2) is 54.9 Å². The molecule has 2 atom stereocenters. The Hall–Kier alpha value is -1.64. The van der Waals surface area contributed by atoms with E-state index in [1.807, 2.05) is 19.2 Å². The summed E-state index contributed by atoms with van der Waals surface area (Å²) < 4.78 is 23.6. The fourth-order valence-corrected chi connectivity index (χ4v) is 2.73. The molecule has 0 aliphatic carbocycles. The zero-order valence-electron chi connectivity index (χ0n) is 12.5. The van der Waals surface area contributed by atoms with Gasteiger partial charge in [0.2, 0.25) is 11.8 Å². The Morgan fingerprint density at radius 1 is 1.10 bits per heavy atom. The molecule has 0 radical (unpaired) electrons. The van der Waals surface area contributed by atoms with E-state index in [1.165, 1.54) is 0 Å². The Labute approximate surface area is 124 Å². The van der Waals surface area contributed by atoms with Crippen LogP contribution in [-0.2, 0) is 24.2 Å². The van der Waals surface area contributed by atoms with Gasteiger partial charge in [-0.15, -0.1) is 0 Å². The molecule has 0 aromatic carbocycles. The zero-order valence-corrected chi connectivity index (χ0v) is 13.4. The largest absolute Gasteiger partial charge is 0.480 e. The lowest BCUT2D eigenvalue weighted by Crippen LogP contribution is -2.46. The number of carboxylic acids is 1. The van der Waals surface area contributed by atoms with Crippen molar-refractivity contribution in [1.29, 1.82) is 0 Å². The molecule has 0 aromatic heterocycles. The molecule has 0 heterocycles. The molecular weight excluding hydrogens is 300 g/mol. The van der Waals surface area contributed by atoms with Gasteiger partial charge in [-0.05, 0) is 12.8 Å². The van der Waals surface area contributed by atoms with Crippen LogP contribution in [0.25, 0.3) is 0 Å². The van der Waals surface area contributed by atoms with Gasteiger partial charge >= 0.3 is 5.97 Å². The summed E-state index contributed by atoms with van der Waals surface area (Å²) in [5.41, 5.74) is 0.